The van der Waals surface area contributed by atoms with Gasteiger partial charge in [0, 0.05) is 11.0 Å². The minimum absolute atomic E-state index is 0.381. The Balaban J connectivity index is 1.65. The third kappa shape index (κ3) is 2.92. The smallest absolute Gasteiger partial charge is 0.338 e. The molecule has 0 radical (unpaired) electrons. The predicted molar refractivity (Wildman–Crippen MR) is 134 cm³/mol. The van der Waals surface area contributed by atoms with Gasteiger partial charge < -0.3 is 4.74 Å². The van der Waals surface area contributed by atoms with Gasteiger partial charge in [-0.1, -0.05) is 55.1 Å². The van der Waals surface area contributed by atoms with Crippen LogP contribution in [0.25, 0.3) is 53.9 Å². The van der Waals surface area contributed by atoms with Gasteiger partial charge in [-0.25, -0.2) is 4.79 Å². The molecule has 0 heterocycles. The molecule has 32 heavy (non-hydrogen) atoms. The van der Waals surface area contributed by atoms with Crippen molar-refractivity contribution >= 4 is 59.8 Å². The molecule has 0 saturated heterocycles. The summed E-state index contributed by atoms with van der Waals surface area (Å²) >= 11 is 0. The van der Waals surface area contributed by atoms with Crippen molar-refractivity contribution in [1.29, 1.82) is 0 Å². The van der Waals surface area contributed by atoms with E-state index < -0.39 is 5.97 Å². The van der Waals surface area contributed by atoms with Crippen molar-refractivity contribution in [2.45, 2.75) is 6.92 Å². The van der Waals surface area contributed by atoms with Gasteiger partial charge in [-0.05, 0) is 97.9 Å². The van der Waals surface area contributed by atoms with Crippen LogP contribution in [0.15, 0.2) is 103 Å². The van der Waals surface area contributed by atoms with Gasteiger partial charge in [0.2, 0.25) is 0 Å². The van der Waals surface area contributed by atoms with Crippen LogP contribution in [0.4, 0.5) is 0 Å². The molecule has 6 aromatic rings. The summed E-state index contributed by atoms with van der Waals surface area (Å²) in [4.78, 5) is 12.2. The highest BCUT2D eigenvalue weighted by Crippen LogP contribution is 2.36. The molecule has 2 heteroatoms. The minimum atomic E-state index is -0.409. The van der Waals surface area contributed by atoms with Crippen LogP contribution in [0, 0.1) is 0 Å². The molecule has 0 bridgehead atoms. The molecule has 0 aromatic heterocycles. The molecule has 0 aliphatic heterocycles. The fourth-order valence-electron chi connectivity index (χ4n) is 4.52. The van der Waals surface area contributed by atoms with Gasteiger partial charge >= 0.3 is 5.97 Å². The van der Waals surface area contributed by atoms with Gasteiger partial charge in [-0.15, -0.1) is 0 Å². The third-order valence-electron chi connectivity index (χ3n) is 6.17. The van der Waals surface area contributed by atoms with E-state index in [-0.39, 0.29) is 0 Å². The molecule has 0 spiro atoms. The maximum Gasteiger partial charge on any atom is 0.338 e. The van der Waals surface area contributed by atoms with Crippen LogP contribution < -0.4 is 4.74 Å². The lowest BCUT2D eigenvalue weighted by Gasteiger charge is -2.12. The van der Waals surface area contributed by atoms with Gasteiger partial charge in [-0.3, -0.25) is 0 Å². The SMILES string of the molecule is C=C(C)C(=O)Oc1cccc2cc3ccc4cc5cc6ccccc6cc5cc4c3cc12. The van der Waals surface area contributed by atoms with Crippen molar-refractivity contribution in [2.75, 3.05) is 0 Å². The maximum atomic E-state index is 12.2. The van der Waals surface area contributed by atoms with Gasteiger partial charge in [-0.2, -0.15) is 0 Å². The van der Waals surface area contributed by atoms with Gasteiger partial charge in [0.1, 0.15) is 5.75 Å². The number of esters is 1. The molecule has 0 unspecified atom stereocenters. The summed E-state index contributed by atoms with van der Waals surface area (Å²) in [7, 11) is 0. The average Bonchev–Trinajstić information content (AvgIpc) is 2.80. The van der Waals surface area contributed by atoms with Crippen molar-refractivity contribution in [2.24, 2.45) is 0 Å². The Labute approximate surface area is 185 Å². The lowest BCUT2D eigenvalue weighted by Crippen LogP contribution is -2.08. The fraction of sp³-hybridized carbons (Fsp3) is 0.0333. The summed E-state index contributed by atoms with van der Waals surface area (Å²) in [5.41, 5.74) is 0.381. The topological polar surface area (TPSA) is 26.3 Å². The molecular formula is C30H20O2. The lowest BCUT2D eigenvalue weighted by atomic mass is 9.94. The van der Waals surface area contributed by atoms with Crippen molar-refractivity contribution in [1.82, 2.24) is 0 Å². The van der Waals surface area contributed by atoms with E-state index in [1.165, 1.54) is 32.3 Å². The quantitative estimate of drug-likeness (QED) is 0.0949. The Kier molecular flexibility index (Phi) is 4.02. The van der Waals surface area contributed by atoms with Crippen LogP contribution in [0.5, 0.6) is 5.75 Å². The monoisotopic (exact) mass is 412 g/mol. The molecule has 6 rings (SSSR count). The van der Waals surface area contributed by atoms with E-state index in [4.69, 9.17) is 4.74 Å². The number of ether oxygens (including phenoxy) is 1. The summed E-state index contributed by atoms with van der Waals surface area (Å²) in [6.45, 7) is 5.36. The Morgan fingerprint density at radius 3 is 1.81 bits per heavy atom. The molecule has 152 valence electrons. The number of fused-ring (bicyclic) bond motifs is 6. The molecule has 0 saturated carbocycles. The highest BCUT2D eigenvalue weighted by molar-refractivity contribution is 6.17. The molecule has 0 amide bonds. The van der Waals surface area contributed by atoms with Crippen LogP contribution in [-0.4, -0.2) is 5.97 Å². The molecule has 0 fully saturated rings. The second-order valence-corrected chi connectivity index (χ2v) is 8.41. The summed E-state index contributed by atoms with van der Waals surface area (Å²) in [6.07, 6.45) is 0. The first kappa shape index (κ1) is 18.6. The van der Waals surface area contributed by atoms with Crippen LogP contribution >= 0.6 is 0 Å². The van der Waals surface area contributed by atoms with E-state index >= 15 is 0 Å². The van der Waals surface area contributed by atoms with Gasteiger partial charge in [0.05, 0.1) is 0 Å². The molecule has 0 atom stereocenters. The molecule has 0 N–H and O–H groups in total. The molecule has 0 aliphatic rings. The summed E-state index contributed by atoms with van der Waals surface area (Å²) in [5.74, 6) is 0.148. The number of rotatable bonds is 2. The normalized spacial score (nSPS) is 11.5. The maximum absolute atomic E-state index is 12.2. The van der Waals surface area contributed by atoms with Crippen LogP contribution in [0.3, 0.4) is 0 Å². The number of carbonyl (C=O) groups is 1. The fourth-order valence-corrected chi connectivity index (χ4v) is 4.52. The molecule has 0 aliphatic carbocycles. The number of hydrogen-bond donors (Lipinski definition) is 0. The van der Waals surface area contributed by atoms with E-state index in [2.05, 4.69) is 79.4 Å². The zero-order chi connectivity index (χ0) is 21.8. The first-order valence-electron chi connectivity index (χ1n) is 10.7. The summed E-state index contributed by atoms with van der Waals surface area (Å²) < 4.78 is 5.63. The van der Waals surface area contributed by atoms with Gasteiger partial charge in [0.15, 0.2) is 0 Å². The zero-order valence-corrected chi connectivity index (χ0v) is 17.7. The predicted octanol–water partition coefficient (Wildman–Crippen LogP) is 7.93. The largest absolute Gasteiger partial charge is 0.423 e. The first-order chi connectivity index (χ1) is 15.6. The average molecular weight is 412 g/mol. The summed E-state index contributed by atoms with van der Waals surface area (Å²) in [6, 6.07) is 31.9. The number of carbonyl (C=O) groups excluding carboxylic acids is 1. The van der Waals surface area contributed by atoms with E-state index in [0.29, 0.717) is 11.3 Å². The molecule has 6 aromatic carbocycles. The first-order valence-corrected chi connectivity index (χ1v) is 10.7. The number of benzene rings is 6. The van der Waals surface area contributed by atoms with Crippen LogP contribution in [-0.2, 0) is 4.79 Å². The second-order valence-electron chi connectivity index (χ2n) is 8.41. The van der Waals surface area contributed by atoms with E-state index in [1.807, 2.05) is 18.2 Å². The Morgan fingerprint density at radius 2 is 1.12 bits per heavy atom. The lowest BCUT2D eigenvalue weighted by molar-refractivity contribution is -0.129. The van der Waals surface area contributed by atoms with Crippen LogP contribution in [0.2, 0.25) is 0 Å². The highest BCUT2D eigenvalue weighted by atomic mass is 16.5. The summed E-state index contributed by atoms with van der Waals surface area (Å²) in [5, 5.41) is 11.6. The van der Waals surface area contributed by atoms with Crippen LogP contribution in [0.1, 0.15) is 6.92 Å². The standard InChI is InChI=1S/C30H20O2/c1-18(2)30(31)32-29-9-5-8-21-14-22-10-11-23-15-24-12-19-6-3-4-7-20(19)13-25(24)16-26(23)27(22)17-28(21)29/h3-17H,1H2,2H3. The van der Waals surface area contributed by atoms with E-state index in [9.17, 15) is 4.79 Å². The Bertz CT molecular complexity index is 1740. The van der Waals surface area contributed by atoms with Crippen molar-refractivity contribution in [3.05, 3.63) is 103 Å². The minimum Gasteiger partial charge on any atom is -0.423 e. The Hall–Kier alpha value is -4.17. The second kappa shape index (κ2) is 6.93. The van der Waals surface area contributed by atoms with Crippen molar-refractivity contribution in [3.8, 4) is 5.75 Å². The molecule has 2 nitrogen and oxygen atoms in total. The third-order valence-corrected chi connectivity index (χ3v) is 6.17. The van der Waals surface area contributed by atoms with Crippen molar-refractivity contribution < 1.29 is 9.53 Å². The van der Waals surface area contributed by atoms with E-state index in [1.54, 1.807) is 6.92 Å². The van der Waals surface area contributed by atoms with Crippen molar-refractivity contribution in [3.63, 3.8) is 0 Å². The highest BCUT2D eigenvalue weighted by Gasteiger charge is 2.11. The zero-order valence-electron chi connectivity index (χ0n) is 17.7. The molecular weight excluding hydrogens is 392 g/mol. The van der Waals surface area contributed by atoms with Gasteiger partial charge in [0.25, 0.3) is 0 Å². The van der Waals surface area contributed by atoms with E-state index in [0.717, 1.165) is 21.5 Å². The number of hydrogen-bond acceptors (Lipinski definition) is 2. The Morgan fingerprint density at radius 1 is 0.594 bits per heavy atom.